The molecule has 1 aromatic rings. The van der Waals surface area contributed by atoms with E-state index >= 15 is 0 Å². The first-order valence-corrected chi connectivity index (χ1v) is 4.37. The fraction of sp³-hybridized carbons (Fsp3) is 0. The highest BCUT2D eigenvalue weighted by Gasteiger charge is 2.11. The van der Waals surface area contributed by atoms with Crippen LogP contribution in [0.1, 0.15) is 10.4 Å². The molecule has 0 unspecified atom stereocenters. The number of nitrogens with one attached hydrogen (secondary N) is 1. The number of benzene rings is 1. The molecule has 4 nitrogen and oxygen atoms in total. The number of ketones is 1. The Morgan fingerprint density at radius 1 is 1.47 bits per heavy atom. The number of rotatable bonds is 3. The second-order valence-electron chi connectivity index (χ2n) is 2.63. The van der Waals surface area contributed by atoms with E-state index in [9.17, 15) is 4.79 Å². The fourth-order valence-electron chi connectivity index (χ4n) is 0.970. The molecule has 0 radical (unpaired) electrons. The van der Waals surface area contributed by atoms with Gasteiger partial charge in [0.25, 0.3) is 0 Å². The summed E-state index contributed by atoms with van der Waals surface area (Å²) in [6, 6.07) is 7.79. The quantitative estimate of drug-likeness (QED) is 0.355. The molecule has 76 valence electrons. The van der Waals surface area contributed by atoms with Crippen molar-refractivity contribution in [3.8, 4) is 6.07 Å². The van der Waals surface area contributed by atoms with E-state index in [-0.39, 0.29) is 5.57 Å². The molecule has 0 spiro atoms. The summed E-state index contributed by atoms with van der Waals surface area (Å²) >= 11 is 5.65. The highest BCUT2D eigenvalue weighted by atomic mass is 35.5. The van der Waals surface area contributed by atoms with Crippen LogP contribution in [0.5, 0.6) is 0 Å². The minimum Gasteiger partial charge on any atom is -0.292 e. The number of hydrogen-bond acceptors (Lipinski definition) is 4. The molecule has 0 atom stereocenters. The van der Waals surface area contributed by atoms with Crippen LogP contribution in [0.4, 0.5) is 0 Å². The molecule has 0 aliphatic rings. The summed E-state index contributed by atoms with van der Waals surface area (Å²) in [7, 11) is 0. The van der Waals surface area contributed by atoms with Gasteiger partial charge in [-0.05, 0) is 24.3 Å². The van der Waals surface area contributed by atoms with Crippen LogP contribution in [0.25, 0.3) is 0 Å². The van der Waals surface area contributed by atoms with E-state index in [0.29, 0.717) is 10.6 Å². The van der Waals surface area contributed by atoms with Crippen LogP contribution in [0.15, 0.2) is 36.0 Å². The molecule has 1 aromatic carbocycles. The van der Waals surface area contributed by atoms with Crippen molar-refractivity contribution in [1.29, 1.82) is 5.26 Å². The normalized spacial score (nSPS) is 10.6. The van der Waals surface area contributed by atoms with Crippen molar-refractivity contribution >= 4 is 17.4 Å². The van der Waals surface area contributed by atoms with Gasteiger partial charge in [0, 0.05) is 16.8 Å². The Morgan fingerprint density at radius 2 is 2.07 bits per heavy atom. The Labute approximate surface area is 91.4 Å². The van der Waals surface area contributed by atoms with Crippen molar-refractivity contribution in [3.05, 3.63) is 46.6 Å². The molecule has 2 N–H and O–H groups in total. The van der Waals surface area contributed by atoms with Gasteiger partial charge in [0.15, 0.2) is 0 Å². The first-order chi connectivity index (χ1) is 7.19. The Bertz CT molecular complexity index is 432. The summed E-state index contributed by atoms with van der Waals surface area (Å²) in [5, 5.41) is 17.5. The van der Waals surface area contributed by atoms with Crippen LogP contribution in [-0.2, 0) is 0 Å². The molecule has 0 saturated carbocycles. The van der Waals surface area contributed by atoms with Gasteiger partial charge in [-0.2, -0.15) is 5.26 Å². The molecule has 0 heterocycles. The lowest BCUT2D eigenvalue weighted by Gasteiger charge is -1.98. The predicted molar refractivity (Wildman–Crippen MR) is 54.4 cm³/mol. The molecule has 1 rings (SSSR count). The third kappa shape index (κ3) is 2.81. The van der Waals surface area contributed by atoms with E-state index in [1.54, 1.807) is 23.7 Å². The number of allylic oxidation sites excluding steroid dienone is 1. The Kier molecular flexibility index (Phi) is 3.86. The monoisotopic (exact) mass is 222 g/mol. The number of carbonyl (C=O) groups is 1. The first-order valence-electron chi connectivity index (χ1n) is 3.99. The summed E-state index contributed by atoms with van der Waals surface area (Å²) in [5.41, 5.74) is 1.80. The van der Waals surface area contributed by atoms with Gasteiger partial charge >= 0.3 is 0 Å². The zero-order valence-corrected chi connectivity index (χ0v) is 8.32. The van der Waals surface area contributed by atoms with Crippen molar-refractivity contribution in [1.82, 2.24) is 5.48 Å². The van der Waals surface area contributed by atoms with Crippen LogP contribution in [-0.4, -0.2) is 11.0 Å². The van der Waals surface area contributed by atoms with E-state index < -0.39 is 5.78 Å². The zero-order valence-electron chi connectivity index (χ0n) is 7.57. The Balaban J connectivity index is 3.00. The summed E-state index contributed by atoms with van der Waals surface area (Å²) in [6.07, 6.45) is 0.928. The lowest BCUT2D eigenvalue weighted by atomic mass is 10.1. The number of nitriles is 1. The highest BCUT2D eigenvalue weighted by molar-refractivity contribution is 6.30. The number of carbonyl (C=O) groups excluding carboxylic acids is 1. The smallest absolute Gasteiger partial charge is 0.205 e. The van der Waals surface area contributed by atoms with Gasteiger partial charge in [0.05, 0.1) is 0 Å². The van der Waals surface area contributed by atoms with Crippen molar-refractivity contribution in [2.45, 2.75) is 0 Å². The van der Waals surface area contributed by atoms with Crippen molar-refractivity contribution < 1.29 is 10.0 Å². The van der Waals surface area contributed by atoms with E-state index in [0.717, 1.165) is 6.20 Å². The molecular formula is C10H7ClN2O2. The number of Topliss-reactive ketones (excluding diaryl/α,β-unsaturated/α-hetero) is 1. The van der Waals surface area contributed by atoms with Gasteiger partial charge in [-0.1, -0.05) is 11.6 Å². The molecular weight excluding hydrogens is 216 g/mol. The predicted octanol–water partition coefficient (Wildman–Crippen LogP) is 1.91. The molecule has 0 aliphatic heterocycles. The molecule has 0 bridgehead atoms. The lowest BCUT2D eigenvalue weighted by Crippen LogP contribution is -2.06. The van der Waals surface area contributed by atoms with Crippen molar-refractivity contribution in [2.75, 3.05) is 0 Å². The van der Waals surface area contributed by atoms with Gasteiger partial charge in [-0.15, -0.1) is 0 Å². The number of nitrogens with zero attached hydrogens (tertiary/aromatic N) is 1. The Morgan fingerprint density at radius 3 is 2.53 bits per heavy atom. The summed E-state index contributed by atoms with van der Waals surface area (Å²) in [6.45, 7) is 0. The molecule has 5 heteroatoms. The SMILES string of the molecule is N#C/C(=C/NO)C(=O)c1ccc(Cl)cc1. The maximum absolute atomic E-state index is 11.6. The van der Waals surface area contributed by atoms with E-state index in [4.69, 9.17) is 22.1 Å². The zero-order chi connectivity index (χ0) is 11.3. The van der Waals surface area contributed by atoms with Crippen LogP contribution in [0, 0.1) is 11.3 Å². The van der Waals surface area contributed by atoms with Crippen LogP contribution >= 0.6 is 11.6 Å². The molecule has 0 fully saturated rings. The number of hydrogen-bond donors (Lipinski definition) is 2. The van der Waals surface area contributed by atoms with Crippen LogP contribution < -0.4 is 5.48 Å². The van der Waals surface area contributed by atoms with Gasteiger partial charge < -0.3 is 0 Å². The van der Waals surface area contributed by atoms with E-state index in [1.807, 2.05) is 0 Å². The second kappa shape index (κ2) is 5.15. The van der Waals surface area contributed by atoms with Crippen LogP contribution in [0.2, 0.25) is 5.02 Å². The Hall–Kier alpha value is -1.83. The lowest BCUT2D eigenvalue weighted by molar-refractivity contribution is 0.103. The summed E-state index contributed by atoms with van der Waals surface area (Å²) < 4.78 is 0. The minimum atomic E-state index is -0.476. The van der Waals surface area contributed by atoms with Gasteiger partial charge in [0.2, 0.25) is 5.78 Å². The van der Waals surface area contributed by atoms with Gasteiger partial charge in [0.1, 0.15) is 11.6 Å². The summed E-state index contributed by atoms with van der Waals surface area (Å²) in [5.74, 6) is -0.476. The molecule has 0 amide bonds. The standard InChI is InChI=1S/C10H7ClN2O2/c11-9-3-1-7(2-4-9)10(14)8(5-12)6-13-15/h1-4,6,13,15H/b8-6-. The first kappa shape index (κ1) is 11.2. The average Bonchev–Trinajstić information content (AvgIpc) is 2.26. The van der Waals surface area contributed by atoms with Crippen molar-refractivity contribution in [3.63, 3.8) is 0 Å². The fourth-order valence-corrected chi connectivity index (χ4v) is 1.10. The number of hydroxylamine groups is 1. The van der Waals surface area contributed by atoms with Crippen molar-refractivity contribution in [2.24, 2.45) is 0 Å². The molecule has 15 heavy (non-hydrogen) atoms. The maximum atomic E-state index is 11.6. The molecule has 0 aromatic heterocycles. The minimum absolute atomic E-state index is 0.181. The maximum Gasteiger partial charge on any atom is 0.205 e. The van der Waals surface area contributed by atoms with E-state index in [1.165, 1.54) is 12.1 Å². The third-order valence-corrected chi connectivity index (χ3v) is 1.93. The second-order valence-corrected chi connectivity index (χ2v) is 3.07. The average molecular weight is 223 g/mol. The van der Waals surface area contributed by atoms with Gasteiger partial charge in [-0.25, -0.2) is 0 Å². The van der Waals surface area contributed by atoms with Crippen LogP contribution in [0.3, 0.4) is 0 Å². The van der Waals surface area contributed by atoms with Gasteiger partial charge in [-0.3, -0.25) is 15.5 Å². The largest absolute Gasteiger partial charge is 0.292 e. The molecule has 0 aliphatic carbocycles. The van der Waals surface area contributed by atoms with E-state index in [2.05, 4.69) is 0 Å². The number of halogens is 1. The topological polar surface area (TPSA) is 73.1 Å². The highest BCUT2D eigenvalue weighted by Crippen LogP contribution is 2.12. The molecule has 0 saturated heterocycles. The third-order valence-electron chi connectivity index (χ3n) is 1.68. The summed E-state index contributed by atoms with van der Waals surface area (Å²) in [4.78, 5) is 11.6.